The Kier molecular flexibility index (Phi) is 2.80. The highest BCUT2D eigenvalue weighted by molar-refractivity contribution is 5.55. The Morgan fingerprint density at radius 3 is 2.50 bits per heavy atom. The van der Waals surface area contributed by atoms with Crippen LogP contribution in [0.25, 0.3) is 0 Å². The van der Waals surface area contributed by atoms with Gasteiger partial charge in [-0.1, -0.05) is 12.1 Å². The Balaban J connectivity index is 2.34. The summed E-state index contributed by atoms with van der Waals surface area (Å²) < 4.78 is 38.2. The van der Waals surface area contributed by atoms with E-state index in [4.69, 9.17) is 5.73 Å². The molecule has 5 heteroatoms. The number of hydrogen-bond acceptors (Lipinski definition) is 2. The number of nitrogens with two attached hydrogens (primary N) is 1. The highest BCUT2D eigenvalue weighted by Gasteiger charge is 2.35. The molecule has 2 rings (SSSR count). The molecular weight excluding hydrogens is 217 g/mol. The van der Waals surface area contributed by atoms with Gasteiger partial charge in [-0.25, -0.2) is 0 Å². The molecule has 1 aliphatic heterocycles. The van der Waals surface area contributed by atoms with Gasteiger partial charge in [0, 0.05) is 24.8 Å². The minimum Gasteiger partial charge on any atom is -0.369 e. The Labute approximate surface area is 91.8 Å². The number of benzene rings is 1. The lowest BCUT2D eigenvalue weighted by Gasteiger charge is -2.22. The minimum atomic E-state index is -4.30. The third kappa shape index (κ3) is 2.14. The third-order valence-electron chi connectivity index (χ3n) is 2.77. The van der Waals surface area contributed by atoms with Crippen molar-refractivity contribution in [3.63, 3.8) is 0 Å². The molecule has 0 amide bonds. The van der Waals surface area contributed by atoms with Crippen molar-refractivity contribution in [1.82, 2.24) is 0 Å². The Hall–Kier alpha value is -1.23. The molecule has 1 aliphatic rings. The van der Waals surface area contributed by atoms with Crippen molar-refractivity contribution >= 4 is 5.69 Å². The number of rotatable bonds is 1. The zero-order valence-corrected chi connectivity index (χ0v) is 8.67. The molecule has 0 bridgehead atoms. The molecule has 2 N–H and O–H groups in total. The first-order valence-corrected chi connectivity index (χ1v) is 5.15. The Bertz CT molecular complexity index is 376. The predicted octanol–water partition coefficient (Wildman–Crippen LogP) is 2.24. The lowest BCUT2D eigenvalue weighted by atomic mass is 10.1. The molecule has 1 atom stereocenters. The second kappa shape index (κ2) is 3.97. The van der Waals surface area contributed by atoms with Crippen LogP contribution in [0.3, 0.4) is 0 Å². The quantitative estimate of drug-likeness (QED) is 0.801. The van der Waals surface area contributed by atoms with E-state index in [0.717, 1.165) is 12.5 Å². The number of halogens is 3. The summed E-state index contributed by atoms with van der Waals surface area (Å²) in [6, 6.07) is 5.61. The summed E-state index contributed by atoms with van der Waals surface area (Å²) in [6.07, 6.45) is -3.56. The van der Waals surface area contributed by atoms with Crippen LogP contribution in [0.1, 0.15) is 12.0 Å². The number of nitrogens with zero attached hydrogens (tertiary/aromatic N) is 1. The van der Waals surface area contributed by atoms with Gasteiger partial charge in [-0.3, -0.25) is 0 Å². The normalized spacial score (nSPS) is 21.5. The molecule has 1 heterocycles. The SMILES string of the molecule is N[C@@H]1CCN(c2ccccc2C(F)(F)F)C1. The summed E-state index contributed by atoms with van der Waals surface area (Å²) in [5, 5.41) is 0. The molecule has 0 radical (unpaired) electrons. The van der Waals surface area contributed by atoms with Crippen molar-refractivity contribution < 1.29 is 13.2 Å². The van der Waals surface area contributed by atoms with Crippen LogP contribution in [0.15, 0.2) is 24.3 Å². The highest BCUT2D eigenvalue weighted by atomic mass is 19.4. The van der Waals surface area contributed by atoms with E-state index in [2.05, 4.69) is 0 Å². The van der Waals surface area contributed by atoms with Gasteiger partial charge in [0.15, 0.2) is 0 Å². The lowest BCUT2D eigenvalue weighted by molar-refractivity contribution is -0.137. The van der Waals surface area contributed by atoms with E-state index in [9.17, 15) is 13.2 Å². The molecule has 0 unspecified atom stereocenters. The average molecular weight is 230 g/mol. The van der Waals surface area contributed by atoms with Gasteiger partial charge >= 0.3 is 6.18 Å². The fourth-order valence-electron chi connectivity index (χ4n) is 2.00. The molecule has 1 aromatic carbocycles. The second-order valence-corrected chi connectivity index (χ2v) is 4.01. The molecule has 1 saturated heterocycles. The number of alkyl halides is 3. The number of hydrogen-bond donors (Lipinski definition) is 1. The van der Waals surface area contributed by atoms with Crippen molar-refractivity contribution in [2.24, 2.45) is 5.73 Å². The van der Waals surface area contributed by atoms with Gasteiger partial charge in [-0.15, -0.1) is 0 Å². The van der Waals surface area contributed by atoms with Gasteiger partial charge in [0.25, 0.3) is 0 Å². The van der Waals surface area contributed by atoms with Crippen LogP contribution in [0.2, 0.25) is 0 Å². The fraction of sp³-hybridized carbons (Fsp3) is 0.455. The summed E-state index contributed by atoms with van der Waals surface area (Å²) >= 11 is 0. The standard InChI is InChI=1S/C11H13F3N2/c12-11(13,14)9-3-1-2-4-10(9)16-6-5-8(15)7-16/h1-4,8H,5-7,15H2/t8-/m1/s1. The molecule has 0 saturated carbocycles. The van der Waals surface area contributed by atoms with Crippen molar-refractivity contribution in [3.8, 4) is 0 Å². The van der Waals surface area contributed by atoms with Gasteiger partial charge in [0.05, 0.1) is 5.56 Å². The summed E-state index contributed by atoms with van der Waals surface area (Å²) in [5.74, 6) is 0. The van der Waals surface area contributed by atoms with E-state index in [0.29, 0.717) is 13.1 Å². The van der Waals surface area contributed by atoms with E-state index in [-0.39, 0.29) is 11.7 Å². The molecule has 16 heavy (non-hydrogen) atoms. The summed E-state index contributed by atoms with van der Waals surface area (Å²) in [6.45, 7) is 1.08. The number of anilines is 1. The topological polar surface area (TPSA) is 29.3 Å². The third-order valence-corrected chi connectivity index (χ3v) is 2.77. The fourth-order valence-corrected chi connectivity index (χ4v) is 2.00. The molecule has 88 valence electrons. The molecule has 0 spiro atoms. The smallest absolute Gasteiger partial charge is 0.369 e. The molecular formula is C11H13F3N2. The Morgan fingerprint density at radius 2 is 1.94 bits per heavy atom. The lowest BCUT2D eigenvalue weighted by Crippen LogP contribution is -2.27. The van der Waals surface area contributed by atoms with Crippen molar-refractivity contribution in [2.45, 2.75) is 18.6 Å². The molecule has 0 aromatic heterocycles. The van der Waals surface area contributed by atoms with Crippen LogP contribution in [-0.2, 0) is 6.18 Å². The van der Waals surface area contributed by atoms with Crippen molar-refractivity contribution in [3.05, 3.63) is 29.8 Å². The maximum atomic E-state index is 12.7. The van der Waals surface area contributed by atoms with Crippen LogP contribution >= 0.6 is 0 Å². The van der Waals surface area contributed by atoms with Crippen LogP contribution in [-0.4, -0.2) is 19.1 Å². The van der Waals surface area contributed by atoms with Gasteiger partial charge in [-0.05, 0) is 18.6 Å². The first-order chi connectivity index (χ1) is 7.48. The van der Waals surface area contributed by atoms with Gasteiger partial charge < -0.3 is 10.6 Å². The second-order valence-electron chi connectivity index (χ2n) is 4.01. The largest absolute Gasteiger partial charge is 0.418 e. The molecule has 0 aliphatic carbocycles. The zero-order chi connectivity index (χ0) is 11.8. The van der Waals surface area contributed by atoms with E-state index in [1.165, 1.54) is 12.1 Å². The monoisotopic (exact) mass is 230 g/mol. The highest BCUT2D eigenvalue weighted by Crippen LogP contribution is 2.37. The van der Waals surface area contributed by atoms with Crippen molar-refractivity contribution in [1.29, 1.82) is 0 Å². The number of para-hydroxylation sites is 1. The van der Waals surface area contributed by atoms with Crippen LogP contribution in [0.5, 0.6) is 0 Å². The van der Waals surface area contributed by atoms with Gasteiger partial charge in [0.1, 0.15) is 0 Å². The van der Waals surface area contributed by atoms with E-state index < -0.39 is 11.7 Å². The van der Waals surface area contributed by atoms with Gasteiger partial charge in [0.2, 0.25) is 0 Å². The maximum absolute atomic E-state index is 12.7. The van der Waals surface area contributed by atoms with Crippen LogP contribution in [0, 0.1) is 0 Å². The summed E-state index contributed by atoms with van der Waals surface area (Å²) in [4.78, 5) is 1.70. The molecule has 2 nitrogen and oxygen atoms in total. The van der Waals surface area contributed by atoms with Crippen LogP contribution < -0.4 is 10.6 Å². The van der Waals surface area contributed by atoms with E-state index in [1.807, 2.05) is 0 Å². The van der Waals surface area contributed by atoms with E-state index >= 15 is 0 Å². The Morgan fingerprint density at radius 1 is 1.25 bits per heavy atom. The summed E-state index contributed by atoms with van der Waals surface area (Å²) in [7, 11) is 0. The predicted molar refractivity (Wildman–Crippen MR) is 56.2 cm³/mol. The molecule has 1 aromatic rings. The average Bonchev–Trinajstić information content (AvgIpc) is 2.64. The minimum absolute atomic E-state index is 0.0266. The zero-order valence-electron chi connectivity index (χ0n) is 8.67. The first kappa shape index (κ1) is 11.3. The molecule has 1 fully saturated rings. The first-order valence-electron chi connectivity index (χ1n) is 5.15. The van der Waals surface area contributed by atoms with Crippen LogP contribution in [0.4, 0.5) is 18.9 Å². The van der Waals surface area contributed by atoms with E-state index in [1.54, 1.807) is 11.0 Å². The summed E-state index contributed by atoms with van der Waals surface area (Å²) in [5.41, 5.74) is 5.36. The van der Waals surface area contributed by atoms with Gasteiger partial charge in [-0.2, -0.15) is 13.2 Å². The van der Waals surface area contributed by atoms with Crippen molar-refractivity contribution in [2.75, 3.05) is 18.0 Å². The maximum Gasteiger partial charge on any atom is 0.418 e.